The second-order valence-corrected chi connectivity index (χ2v) is 8.45. The molecule has 3 heteroatoms. The van der Waals surface area contributed by atoms with E-state index in [4.69, 9.17) is 9.47 Å². The summed E-state index contributed by atoms with van der Waals surface area (Å²) in [6.45, 7) is 7.15. The van der Waals surface area contributed by atoms with Gasteiger partial charge >= 0.3 is 0 Å². The fourth-order valence-corrected chi connectivity index (χ4v) is 4.66. The number of hydrogen-bond acceptors (Lipinski definition) is 3. The first-order valence-electron chi connectivity index (χ1n) is 8.87. The molecule has 2 saturated heterocycles. The van der Waals surface area contributed by atoms with Crippen molar-refractivity contribution in [1.29, 1.82) is 0 Å². The van der Waals surface area contributed by atoms with Crippen molar-refractivity contribution in [2.45, 2.75) is 82.8 Å². The highest BCUT2D eigenvalue weighted by atomic mass is 16.5. The van der Waals surface area contributed by atoms with Crippen molar-refractivity contribution in [2.24, 2.45) is 11.3 Å². The summed E-state index contributed by atoms with van der Waals surface area (Å²) in [5, 5.41) is 11.3. The molecule has 0 aromatic carbocycles. The topological polar surface area (TPSA) is 38.7 Å². The molecule has 1 spiro atoms. The number of hydrogen-bond donors (Lipinski definition) is 1. The van der Waals surface area contributed by atoms with Gasteiger partial charge < -0.3 is 14.6 Å². The largest absolute Gasteiger partial charge is 0.390 e. The van der Waals surface area contributed by atoms with Crippen molar-refractivity contribution >= 4 is 0 Å². The Balaban J connectivity index is 1.70. The van der Waals surface area contributed by atoms with Gasteiger partial charge in [-0.25, -0.2) is 0 Å². The number of rotatable bonds is 1. The van der Waals surface area contributed by atoms with Crippen molar-refractivity contribution in [3.05, 3.63) is 0 Å². The molecule has 1 N–H and O–H groups in total. The monoisotopic (exact) mass is 296 g/mol. The van der Waals surface area contributed by atoms with Crippen LogP contribution in [0.25, 0.3) is 0 Å². The van der Waals surface area contributed by atoms with Crippen LogP contribution in [0.5, 0.6) is 0 Å². The van der Waals surface area contributed by atoms with Gasteiger partial charge in [0.25, 0.3) is 0 Å². The first kappa shape index (κ1) is 15.8. The van der Waals surface area contributed by atoms with E-state index in [9.17, 15) is 5.11 Å². The zero-order chi connectivity index (χ0) is 15.0. The van der Waals surface area contributed by atoms with Crippen LogP contribution >= 0.6 is 0 Å². The second kappa shape index (κ2) is 5.82. The molecule has 2 aliphatic heterocycles. The van der Waals surface area contributed by atoms with Gasteiger partial charge in [-0.15, -0.1) is 0 Å². The lowest BCUT2D eigenvalue weighted by Gasteiger charge is -2.48. The Kier molecular flexibility index (Phi) is 4.37. The van der Waals surface area contributed by atoms with Crippen LogP contribution in [0.2, 0.25) is 0 Å². The third-order valence-corrected chi connectivity index (χ3v) is 6.35. The maximum atomic E-state index is 11.3. The third kappa shape index (κ3) is 3.46. The summed E-state index contributed by atoms with van der Waals surface area (Å²) in [6.07, 6.45) is 9.58. The molecule has 0 aromatic heterocycles. The maximum Gasteiger partial charge on any atom is 0.0730 e. The van der Waals surface area contributed by atoms with E-state index >= 15 is 0 Å². The normalized spacial score (nSPS) is 39.9. The maximum absolute atomic E-state index is 11.3. The van der Waals surface area contributed by atoms with Crippen LogP contribution in [-0.2, 0) is 9.47 Å². The summed E-state index contributed by atoms with van der Waals surface area (Å²) in [5.74, 6) is 0.415. The van der Waals surface area contributed by atoms with Gasteiger partial charge in [0.05, 0.1) is 11.2 Å². The smallest absolute Gasteiger partial charge is 0.0730 e. The minimum atomic E-state index is -0.456. The van der Waals surface area contributed by atoms with Gasteiger partial charge in [-0.1, -0.05) is 20.3 Å². The molecular weight excluding hydrogens is 264 g/mol. The van der Waals surface area contributed by atoms with Crippen LogP contribution in [0, 0.1) is 11.3 Å². The van der Waals surface area contributed by atoms with Crippen molar-refractivity contribution in [1.82, 2.24) is 0 Å². The van der Waals surface area contributed by atoms with E-state index in [0.29, 0.717) is 11.3 Å². The van der Waals surface area contributed by atoms with E-state index in [2.05, 4.69) is 13.8 Å². The summed E-state index contributed by atoms with van der Waals surface area (Å²) < 4.78 is 11.7. The van der Waals surface area contributed by atoms with Gasteiger partial charge in [0, 0.05) is 19.8 Å². The quantitative estimate of drug-likeness (QED) is 0.750. The predicted molar refractivity (Wildman–Crippen MR) is 83.3 cm³/mol. The highest BCUT2D eigenvalue weighted by Crippen LogP contribution is 2.47. The molecule has 2 heterocycles. The highest BCUT2D eigenvalue weighted by molar-refractivity contribution is 4.98. The molecule has 2 unspecified atom stereocenters. The fraction of sp³-hybridized carbons (Fsp3) is 1.00. The van der Waals surface area contributed by atoms with Crippen LogP contribution in [0.3, 0.4) is 0 Å². The molecular formula is C18H32O3. The highest BCUT2D eigenvalue weighted by Gasteiger charge is 2.47. The van der Waals surface area contributed by atoms with Gasteiger partial charge in [-0.3, -0.25) is 0 Å². The van der Waals surface area contributed by atoms with Crippen LogP contribution in [0.4, 0.5) is 0 Å². The van der Waals surface area contributed by atoms with Crippen molar-refractivity contribution in [2.75, 3.05) is 19.8 Å². The zero-order valence-corrected chi connectivity index (χ0v) is 13.8. The predicted octanol–water partition coefficient (Wildman–Crippen LogP) is 3.68. The fourth-order valence-electron chi connectivity index (χ4n) is 4.66. The van der Waals surface area contributed by atoms with E-state index in [1.807, 2.05) is 0 Å². The summed E-state index contributed by atoms with van der Waals surface area (Å²) in [5.41, 5.74) is -0.0619. The molecule has 1 saturated carbocycles. The van der Waals surface area contributed by atoms with Gasteiger partial charge in [0.15, 0.2) is 0 Å². The molecule has 122 valence electrons. The number of aliphatic hydroxyl groups is 1. The average molecular weight is 296 g/mol. The first-order chi connectivity index (χ1) is 9.93. The lowest BCUT2D eigenvalue weighted by Crippen LogP contribution is -2.50. The lowest BCUT2D eigenvalue weighted by atomic mass is 9.70. The summed E-state index contributed by atoms with van der Waals surface area (Å²) in [7, 11) is 0. The van der Waals surface area contributed by atoms with Crippen LogP contribution in [0.1, 0.15) is 71.6 Å². The van der Waals surface area contributed by atoms with Crippen LogP contribution in [-0.4, -0.2) is 36.1 Å². The van der Waals surface area contributed by atoms with Gasteiger partial charge in [0.2, 0.25) is 0 Å². The summed E-state index contributed by atoms with van der Waals surface area (Å²) >= 11 is 0. The SMILES string of the molecule is CC1(C)CCCC(O)(C2CCOC3(CCOCC3)C2)CC1. The van der Waals surface area contributed by atoms with Crippen molar-refractivity contribution in [3.63, 3.8) is 0 Å². The van der Waals surface area contributed by atoms with Gasteiger partial charge in [-0.05, 0) is 62.7 Å². The third-order valence-electron chi connectivity index (χ3n) is 6.35. The molecule has 3 fully saturated rings. The molecule has 0 bridgehead atoms. The Morgan fingerprint density at radius 3 is 2.43 bits per heavy atom. The number of ether oxygens (including phenoxy) is 2. The Morgan fingerprint density at radius 1 is 0.905 bits per heavy atom. The molecule has 2 atom stereocenters. The van der Waals surface area contributed by atoms with E-state index in [0.717, 1.165) is 71.2 Å². The van der Waals surface area contributed by atoms with Crippen molar-refractivity contribution < 1.29 is 14.6 Å². The standard InChI is InChI=1S/C18H32O3/c1-16(2)5-3-6-18(19,8-7-16)15-4-11-21-17(14-15)9-12-20-13-10-17/h15,19H,3-14H2,1-2H3. The molecule has 0 amide bonds. The Hall–Kier alpha value is -0.120. The zero-order valence-electron chi connectivity index (χ0n) is 13.8. The molecule has 3 rings (SSSR count). The van der Waals surface area contributed by atoms with E-state index in [-0.39, 0.29) is 5.60 Å². The Bertz CT molecular complexity index is 354. The van der Waals surface area contributed by atoms with E-state index in [1.54, 1.807) is 0 Å². The lowest BCUT2D eigenvalue weighted by molar-refractivity contribution is -0.177. The molecule has 0 radical (unpaired) electrons. The minimum absolute atomic E-state index is 0.00127. The van der Waals surface area contributed by atoms with Gasteiger partial charge in [0.1, 0.15) is 0 Å². The average Bonchev–Trinajstić information content (AvgIpc) is 2.60. The molecule has 3 aliphatic rings. The molecule has 21 heavy (non-hydrogen) atoms. The van der Waals surface area contributed by atoms with Crippen LogP contribution in [0.15, 0.2) is 0 Å². The summed E-state index contributed by atoms with van der Waals surface area (Å²) in [6, 6.07) is 0. The minimum Gasteiger partial charge on any atom is -0.390 e. The molecule has 0 aromatic rings. The van der Waals surface area contributed by atoms with E-state index < -0.39 is 5.60 Å². The van der Waals surface area contributed by atoms with E-state index in [1.165, 1.54) is 6.42 Å². The molecule has 1 aliphatic carbocycles. The Morgan fingerprint density at radius 2 is 1.67 bits per heavy atom. The second-order valence-electron chi connectivity index (χ2n) is 8.45. The van der Waals surface area contributed by atoms with Gasteiger partial charge in [-0.2, -0.15) is 0 Å². The first-order valence-corrected chi connectivity index (χ1v) is 8.87. The summed E-state index contributed by atoms with van der Waals surface area (Å²) in [4.78, 5) is 0. The van der Waals surface area contributed by atoms with Crippen molar-refractivity contribution in [3.8, 4) is 0 Å². The molecule has 3 nitrogen and oxygen atoms in total. The van der Waals surface area contributed by atoms with Crippen LogP contribution < -0.4 is 0 Å². The Labute approximate surface area is 129 Å².